The van der Waals surface area contributed by atoms with Crippen molar-refractivity contribution in [1.29, 1.82) is 0 Å². The van der Waals surface area contributed by atoms with Crippen LogP contribution >= 0.6 is 11.5 Å². The van der Waals surface area contributed by atoms with Gasteiger partial charge in [-0.2, -0.15) is 0 Å². The van der Waals surface area contributed by atoms with Gasteiger partial charge in [0.2, 0.25) is 0 Å². The van der Waals surface area contributed by atoms with Crippen LogP contribution in [0.15, 0.2) is 0 Å². The third-order valence-electron chi connectivity index (χ3n) is 2.70. The van der Waals surface area contributed by atoms with Crippen LogP contribution in [0.5, 0.6) is 0 Å². The zero-order chi connectivity index (χ0) is 12.2. The lowest BCUT2D eigenvalue weighted by Gasteiger charge is -2.33. The average Bonchev–Trinajstić information content (AvgIpc) is 2.66. The summed E-state index contributed by atoms with van der Waals surface area (Å²) in [6.07, 6.45) is 0. The molecule has 1 heterocycles. The molecule has 92 valence electrons. The lowest BCUT2D eigenvalue weighted by molar-refractivity contribution is 0.0726. The Morgan fingerprint density at radius 3 is 2.75 bits per heavy atom. The van der Waals surface area contributed by atoms with Crippen molar-refractivity contribution in [2.45, 2.75) is 32.9 Å². The predicted octanol–water partition coefficient (Wildman–Crippen LogP) is 1.17. The first-order valence-corrected chi connectivity index (χ1v) is 6.15. The van der Waals surface area contributed by atoms with Crippen molar-refractivity contribution in [2.24, 2.45) is 0 Å². The highest BCUT2D eigenvalue weighted by Gasteiger charge is 2.24. The van der Waals surface area contributed by atoms with Crippen LogP contribution in [0.4, 0.5) is 5.00 Å². The van der Waals surface area contributed by atoms with Gasteiger partial charge in [0.25, 0.3) is 0 Å². The van der Waals surface area contributed by atoms with Crippen molar-refractivity contribution in [2.75, 3.05) is 25.5 Å². The van der Waals surface area contributed by atoms with Crippen LogP contribution in [0.2, 0.25) is 0 Å². The zero-order valence-corrected chi connectivity index (χ0v) is 11.1. The standard InChI is InChI=1S/C10H20N4OS/c1-5-11-9-8(12-13-16-9)6-14(4)10(2,3)7-15/h11,15H,5-7H2,1-4H3. The van der Waals surface area contributed by atoms with Crippen molar-refractivity contribution < 1.29 is 5.11 Å². The van der Waals surface area contributed by atoms with E-state index in [1.54, 1.807) is 0 Å². The SMILES string of the molecule is CCNc1snnc1CN(C)C(C)(C)CO. The smallest absolute Gasteiger partial charge is 0.134 e. The number of nitrogens with zero attached hydrogens (tertiary/aromatic N) is 3. The van der Waals surface area contributed by atoms with E-state index >= 15 is 0 Å². The molecule has 0 aromatic carbocycles. The van der Waals surface area contributed by atoms with E-state index in [0.29, 0.717) is 6.54 Å². The minimum absolute atomic E-state index is 0.123. The van der Waals surface area contributed by atoms with E-state index in [1.807, 2.05) is 27.8 Å². The Hall–Kier alpha value is -0.720. The number of aliphatic hydroxyl groups is 1. The van der Waals surface area contributed by atoms with Crippen LogP contribution in [0.25, 0.3) is 0 Å². The maximum atomic E-state index is 9.28. The molecule has 0 atom stereocenters. The molecule has 2 N–H and O–H groups in total. The van der Waals surface area contributed by atoms with E-state index in [-0.39, 0.29) is 12.1 Å². The van der Waals surface area contributed by atoms with Crippen LogP contribution in [-0.4, -0.2) is 45.3 Å². The van der Waals surface area contributed by atoms with Crippen LogP contribution in [-0.2, 0) is 6.54 Å². The highest BCUT2D eigenvalue weighted by Crippen LogP contribution is 2.21. The second kappa shape index (κ2) is 5.56. The number of hydrogen-bond acceptors (Lipinski definition) is 6. The Balaban J connectivity index is 2.69. The summed E-state index contributed by atoms with van der Waals surface area (Å²) < 4.78 is 3.94. The normalized spacial score (nSPS) is 12.1. The highest BCUT2D eigenvalue weighted by atomic mass is 32.1. The summed E-state index contributed by atoms with van der Waals surface area (Å²) in [5, 5.41) is 17.6. The summed E-state index contributed by atoms with van der Waals surface area (Å²) in [6, 6.07) is 0. The van der Waals surface area contributed by atoms with Crippen molar-refractivity contribution in [3.63, 3.8) is 0 Å². The van der Waals surface area contributed by atoms with E-state index in [0.717, 1.165) is 17.2 Å². The lowest BCUT2D eigenvalue weighted by Crippen LogP contribution is -2.43. The Kier molecular flexibility index (Phi) is 4.64. The molecule has 0 aliphatic rings. The summed E-state index contributed by atoms with van der Waals surface area (Å²) in [7, 11) is 1.98. The zero-order valence-electron chi connectivity index (χ0n) is 10.3. The summed E-state index contributed by atoms with van der Waals surface area (Å²) in [6.45, 7) is 7.72. The van der Waals surface area contributed by atoms with Gasteiger partial charge in [-0.3, -0.25) is 4.90 Å². The van der Waals surface area contributed by atoms with Gasteiger partial charge in [-0.15, -0.1) is 5.10 Å². The first-order chi connectivity index (χ1) is 7.51. The number of anilines is 1. The molecule has 1 aromatic heterocycles. The third kappa shape index (κ3) is 3.13. The number of hydrogen-bond donors (Lipinski definition) is 2. The third-order valence-corrected chi connectivity index (χ3v) is 3.43. The van der Waals surface area contributed by atoms with Crippen molar-refractivity contribution >= 4 is 16.5 Å². The molecule has 16 heavy (non-hydrogen) atoms. The monoisotopic (exact) mass is 244 g/mol. The molecule has 6 heteroatoms. The fourth-order valence-electron chi connectivity index (χ4n) is 1.17. The van der Waals surface area contributed by atoms with Crippen molar-refractivity contribution in [1.82, 2.24) is 14.5 Å². The Bertz CT molecular complexity index is 326. The highest BCUT2D eigenvalue weighted by molar-refractivity contribution is 7.10. The number of aliphatic hydroxyl groups excluding tert-OH is 1. The Morgan fingerprint density at radius 2 is 2.19 bits per heavy atom. The lowest BCUT2D eigenvalue weighted by atomic mass is 10.1. The topological polar surface area (TPSA) is 61.3 Å². The van der Waals surface area contributed by atoms with E-state index in [2.05, 4.69) is 19.8 Å². The molecule has 0 saturated heterocycles. The maximum absolute atomic E-state index is 9.28. The molecule has 0 saturated carbocycles. The van der Waals surface area contributed by atoms with E-state index in [4.69, 9.17) is 0 Å². The summed E-state index contributed by atoms with van der Waals surface area (Å²) in [5.74, 6) is 0. The summed E-state index contributed by atoms with van der Waals surface area (Å²) >= 11 is 1.37. The van der Waals surface area contributed by atoms with Gasteiger partial charge >= 0.3 is 0 Å². The van der Waals surface area contributed by atoms with E-state index < -0.39 is 0 Å². The molecule has 0 radical (unpaired) electrons. The maximum Gasteiger partial charge on any atom is 0.134 e. The van der Waals surface area contributed by atoms with Gasteiger partial charge in [-0.05, 0) is 27.8 Å². The molecular formula is C10H20N4OS. The van der Waals surface area contributed by atoms with Crippen LogP contribution in [0.1, 0.15) is 26.5 Å². The number of nitrogens with one attached hydrogen (secondary N) is 1. The summed E-state index contributed by atoms with van der Waals surface area (Å²) in [5.41, 5.74) is 0.698. The molecule has 5 nitrogen and oxygen atoms in total. The fourth-order valence-corrected chi connectivity index (χ4v) is 1.81. The molecule has 0 spiro atoms. The minimum atomic E-state index is -0.243. The molecule has 1 aromatic rings. The van der Waals surface area contributed by atoms with Gasteiger partial charge < -0.3 is 10.4 Å². The van der Waals surface area contributed by atoms with Gasteiger partial charge in [0.15, 0.2) is 0 Å². The van der Waals surface area contributed by atoms with Gasteiger partial charge in [0.05, 0.1) is 6.61 Å². The van der Waals surface area contributed by atoms with Crippen molar-refractivity contribution in [3.05, 3.63) is 5.69 Å². The molecule has 0 amide bonds. The molecule has 0 fully saturated rings. The van der Waals surface area contributed by atoms with Gasteiger partial charge in [0, 0.05) is 30.2 Å². The quantitative estimate of drug-likeness (QED) is 0.786. The Labute approximate surface area is 101 Å². The number of rotatable bonds is 6. The minimum Gasteiger partial charge on any atom is -0.394 e. The number of likely N-dealkylation sites (N-methyl/N-ethyl adjacent to an activating group) is 1. The van der Waals surface area contributed by atoms with Crippen LogP contribution < -0.4 is 5.32 Å². The van der Waals surface area contributed by atoms with Gasteiger partial charge in [0.1, 0.15) is 10.7 Å². The second-order valence-corrected chi connectivity index (χ2v) is 5.16. The van der Waals surface area contributed by atoms with E-state index in [1.165, 1.54) is 11.5 Å². The van der Waals surface area contributed by atoms with Crippen LogP contribution in [0, 0.1) is 0 Å². The first kappa shape index (κ1) is 13.3. The molecule has 1 rings (SSSR count). The van der Waals surface area contributed by atoms with Gasteiger partial charge in [-0.25, -0.2) is 0 Å². The molecule has 0 bridgehead atoms. The predicted molar refractivity (Wildman–Crippen MR) is 66.7 cm³/mol. The second-order valence-electron chi connectivity index (χ2n) is 4.41. The number of aromatic nitrogens is 2. The molecule has 0 aliphatic heterocycles. The summed E-state index contributed by atoms with van der Waals surface area (Å²) in [4.78, 5) is 2.07. The van der Waals surface area contributed by atoms with Crippen molar-refractivity contribution in [3.8, 4) is 0 Å². The average molecular weight is 244 g/mol. The van der Waals surface area contributed by atoms with E-state index in [9.17, 15) is 5.11 Å². The Morgan fingerprint density at radius 1 is 1.50 bits per heavy atom. The fraction of sp³-hybridized carbons (Fsp3) is 0.800. The van der Waals surface area contributed by atoms with Gasteiger partial charge in [-0.1, -0.05) is 4.49 Å². The largest absolute Gasteiger partial charge is 0.394 e. The van der Waals surface area contributed by atoms with Crippen LogP contribution in [0.3, 0.4) is 0 Å². The molecule has 0 aliphatic carbocycles. The molecular weight excluding hydrogens is 224 g/mol. The first-order valence-electron chi connectivity index (χ1n) is 5.38. The molecule has 0 unspecified atom stereocenters.